The average Bonchev–Trinajstić information content (AvgIpc) is 2.82. The topological polar surface area (TPSA) is 54.0 Å². The molecule has 3 rings (SSSR count). The first kappa shape index (κ1) is 24.2. The van der Waals surface area contributed by atoms with Crippen molar-refractivity contribution in [3.05, 3.63) is 59.4 Å². The standard InChI is InChI=1S/C26H33FO5/c1-3-5-7-8-19-17-30-26(31-18-19)21-11-9-20(10-12-21)25(28)32-24-14-13-22(16-23(24)27)29-15-6-4-2/h9-14,16,19,26H,3-8,15,17-18H2,1-2H3. The van der Waals surface area contributed by atoms with Crippen molar-refractivity contribution in [1.29, 1.82) is 0 Å². The van der Waals surface area contributed by atoms with Gasteiger partial charge in [-0.2, -0.15) is 0 Å². The number of carbonyl (C=O) groups excluding carboxylic acids is 1. The fourth-order valence-corrected chi connectivity index (χ4v) is 3.51. The number of ether oxygens (including phenoxy) is 4. The highest BCUT2D eigenvalue weighted by Gasteiger charge is 2.23. The van der Waals surface area contributed by atoms with E-state index >= 15 is 0 Å². The largest absolute Gasteiger partial charge is 0.493 e. The van der Waals surface area contributed by atoms with E-state index in [1.165, 1.54) is 31.4 Å². The summed E-state index contributed by atoms with van der Waals surface area (Å²) in [5.41, 5.74) is 1.16. The van der Waals surface area contributed by atoms with E-state index in [0.717, 1.165) is 24.8 Å². The lowest BCUT2D eigenvalue weighted by Gasteiger charge is -2.29. The molecule has 1 aliphatic heterocycles. The molecule has 0 N–H and O–H groups in total. The molecule has 32 heavy (non-hydrogen) atoms. The van der Waals surface area contributed by atoms with Gasteiger partial charge in [-0.15, -0.1) is 0 Å². The Bertz CT molecular complexity index is 844. The molecule has 5 nitrogen and oxygen atoms in total. The lowest BCUT2D eigenvalue weighted by Crippen LogP contribution is -2.27. The molecule has 0 unspecified atom stereocenters. The van der Waals surface area contributed by atoms with Gasteiger partial charge in [0.2, 0.25) is 0 Å². The van der Waals surface area contributed by atoms with Gasteiger partial charge in [-0.3, -0.25) is 0 Å². The van der Waals surface area contributed by atoms with Crippen LogP contribution in [0.2, 0.25) is 0 Å². The molecular formula is C26H33FO5. The summed E-state index contributed by atoms with van der Waals surface area (Å²) in [6.07, 6.45) is 6.22. The van der Waals surface area contributed by atoms with Crippen LogP contribution in [-0.2, 0) is 9.47 Å². The molecule has 1 heterocycles. The molecule has 0 atom stereocenters. The zero-order valence-corrected chi connectivity index (χ0v) is 19.0. The van der Waals surface area contributed by atoms with Crippen LogP contribution >= 0.6 is 0 Å². The Morgan fingerprint density at radius 3 is 2.38 bits per heavy atom. The van der Waals surface area contributed by atoms with Crippen molar-refractivity contribution in [2.24, 2.45) is 5.92 Å². The minimum Gasteiger partial charge on any atom is -0.493 e. The molecule has 0 bridgehead atoms. The van der Waals surface area contributed by atoms with Gasteiger partial charge >= 0.3 is 5.97 Å². The highest BCUT2D eigenvalue weighted by Crippen LogP contribution is 2.28. The minimum absolute atomic E-state index is 0.130. The molecule has 6 heteroatoms. The fourth-order valence-electron chi connectivity index (χ4n) is 3.51. The van der Waals surface area contributed by atoms with Crippen LogP contribution < -0.4 is 9.47 Å². The predicted octanol–water partition coefficient (Wildman–Crippen LogP) is 6.47. The normalized spacial score (nSPS) is 18.3. The van der Waals surface area contributed by atoms with Crippen LogP contribution in [0, 0.1) is 11.7 Å². The van der Waals surface area contributed by atoms with Gasteiger partial charge in [-0.1, -0.05) is 51.7 Å². The molecule has 2 aromatic rings. The number of unbranched alkanes of at least 4 members (excludes halogenated alkanes) is 3. The van der Waals surface area contributed by atoms with Crippen LogP contribution in [0.5, 0.6) is 11.5 Å². The highest BCUT2D eigenvalue weighted by atomic mass is 19.1. The van der Waals surface area contributed by atoms with Gasteiger partial charge in [0.1, 0.15) is 5.75 Å². The van der Waals surface area contributed by atoms with Crippen molar-refractivity contribution in [2.75, 3.05) is 19.8 Å². The summed E-state index contributed by atoms with van der Waals surface area (Å²) in [6, 6.07) is 11.1. The third-order valence-electron chi connectivity index (χ3n) is 5.47. The van der Waals surface area contributed by atoms with Crippen LogP contribution in [-0.4, -0.2) is 25.8 Å². The van der Waals surface area contributed by atoms with E-state index in [2.05, 4.69) is 13.8 Å². The van der Waals surface area contributed by atoms with Crippen molar-refractivity contribution in [3.8, 4) is 11.5 Å². The number of hydrogen-bond acceptors (Lipinski definition) is 5. The second kappa shape index (κ2) is 12.6. The molecular weight excluding hydrogens is 411 g/mol. The minimum atomic E-state index is -0.638. The van der Waals surface area contributed by atoms with Crippen molar-refractivity contribution in [3.63, 3.8) is 0 Å². The molecule has 1 saturated heterocycles. The number of carbonyl (C=O) groups is 1. The fraction of sp³-hybridized carbons (Fsp3) is 0.500. The maximum absolute atomic E-state index is 14.3. The highest BCUT2D eigenvalue weighted by molar-refractivity contribution is 5.91. The zero-order valence-electron chi connectivity index (χ0n) is 19.0. The van der Waals surface area contributed by atoms with Gasteiger partial charge in [0.25, 0.3) is 0 Å². The van der Waals surface area contributed by atoms with Gasteiger partial charge in [0, 0.05) is 17.5 Å². The number of rotatable bonds is 11. The molecule has 2 aromatic carbocycles. The van der Waals surface area contributed by atoms with Gasteiger partial charge < -0.3 is 18.9 Å². The van der Waals surface area contributed by atoms with E-state index in [0.29, 0.717) is 37.1 Å². The maximum Gasteiger partial charge on any atom is 0.343 e. The third-order valence-corrected chi connectivity index (χ3v) is 5.47. The Kier molecular flexibility index (Phi) is 9.50. The zero-order chi connectivity index (χ0) is 22.8. The van der Waals surface area contributed by atoms with E-state index in [1.54, 1.807) is 30.3 Å². The number of esters is 1. The molecule has 0 amide bonds. The van der Waals surface area contributed by atoms with Crippen molar-refractivity contribution in [2.45, 2.75) is 58.7 Å². The second-order valence-corrected chi connectivity index (χ2v) is 8.17. The average molecular weight is 445 g/mol. The summed E-state index contributed by atoms with van der Waals surface area (Å²) in [4.78, 5) is 12.4. The lowest BCUT2D eigenvalue weighted by molar-refractivity contribution is -0.206. The number of hydrogen-bond donors (Lipinski definition) is 0. The maximum atomic E-state index is 14.3. The summed E-state index contributed by atoms with van der Waals surface area (Å²) in [5, 5.41) is 0. The monoisotopic (exact) mass is 444 g/mol. The molecule has 0 spiro atoms. The smallest absolute Gasteiger partial charge is 0.343 e. The van der Waals surface area contributed by atoms with Crippen LogP contribution in [0.15, 0.2) is 42.5 Å². The van der Waals surface area contributed by atoms with Gasteiger partial charge in [-0.25, -0.2) is 9.18 Å². The van der Waals surface area contributed by atoms with Crippen LogP contribution in [0.25, 0.3) is 0 Å². The van der Waals surface area contributed by atoms with Crippen molar-refractivity contribution >= 4 is 5.97 Å². The van der Waals surface area contributed by atoms with Gasteiger partial charge in [-0.05, 0) is 37.1 Å². The van der Waals surface area contributed by atoms with E-state index in [4.69, 9.17) is 18.9 Å². The Hall–Kier alpha value is -2.44. The molecule has 1 aliphatic rings. The summed E-state index contributed by atoms with van der Waals surface area (Å²) >= 11 is 0. The molecule has 1 fully saturated rings. The Balaban J connectivity index is 1.51. The van der Waals surface area contributed by atoms with E-state index < -0.39 is 18.1 Å². The first-order valence-corrected chi connectivity index (χ1v) is 11.6. The number of halogens is 1. The Labute approximate surface area is 189 Å². The molecule has 0 aromatic heterocycles. The van der Waals surface area contributed by atoms with Crippen molar-refractivity contribution < 1.29 is 28.1 Å². The first-order chi connectivity index (χ1) is 15.6. The summed E-state index contributed by atoms with van der Waals surface area (Å²) in [5.74, 6) is -0.543. The summed E-state index contributed by atoms with van der Waals surface area (Å²) in [7, 11) is 0. The van der Waals surface area contributed by atoms with Crippen LogP contribution in [0.4, 0.5) is 4.39 Å². The van der Waals surface area contributed by atoms with E-state index in [-0.39, 0.29) is 5.75 Å². The molecule has 0 aliphatic carbocycles. The first-order valence-electron chi connectivity index (χ1n) is 11.6. The number of benzene rings is 2. The Morgan fingerprint density at radius 1 is 1.00 bits per heavy atom. The summed E-state index contributed by atoms with van der Waals surface area (Å²) < 4.78 is 36.7. The lowest BCUT2D eigenvalue weighted by atomic mass is 10.0. The second-order valence-electron chi connectivity index (χ2n) is 8.17. The van der Waals surface area contributed by atoms with Gasteiger partial charge in [0.05, 0.1) is 25.4 Å². The van der Waals surface area contributed by atoms with E-state index in [9.17, 15) is 9.18 Å². The van der Waals surface area contributed by atoms with Gasteiger partial charge in [0.15, 0.2) is 17.9 Å². The molecule has 0 saturated carbocycles. The SMILES string of the molecule is CCCCCC1COC(c2ccc(C(=O)Oc3ccc(OCCCC)cc3F)cc2)OC1. The molecule has 0 radical (unpaired) electrons. The Morgan fingerprint density at radius 2 is 1.72 bits per heavy atom. The summed E-state index contributed by atoms with van der Waals surface area (Å²) in [6.45, 7) is 6.12. The van der Waals surface area contributed by atoms with E-state index in [1.807, 2.05) is 0 Å². The van der Waals surface area contributed by atoms with Crippen LogP contribution in [0.3, 0.4) is 0 Å². The predicted molar refractivity (Wildman–Crippen MR) is 120 cm³/mol. The third kappa shape index (κ3) is 7.04. The quantitative estimate of drug-likeness (QED) is 0.226. The van der Waals surface area contributed by atoms with Crippen molar-refractivity contribution in [1.82, 2.24) is 0 Å². The van der Waals surface area contributed by atoms with Crippen LogP contribution in [0.1, 0.15) is 74.6 Å². The molecule has 174 valence electrons.